The molecule has 0 heterocycles. The van der Waals surface area contributed by atoms with E-state index in [0.29, 0.717) is 12.3 Å². The lowest BCUT2D eigenvalue weighted by Gasteiger charge is -2.16. The lowest BCUT2D eigenvalue weighted by atomic mass is 9.95. The normalized spacial score (nSPS) is 12.6. The molecule has 3 heteroatoms. The maximum atomic E-state index is 9.89. The summed E-state index contributed by atoms with van der Waals surface area (Å²) in [5.74, 6) is 0.862. The highest BCUT2D eigenvalue weighted by Gasteiger charge is 2.15. The molecule has 0 aliphatic heterocycles. The van der Waals surface area contributed by atoms with Gasteiger partial charge in [-0.25, -0.2) is 0 Å². The van der Waals surface area contributed by atoms with Crippen molar-refractivity contribution < 1.29 is 9.84 Å². The quantitative estimate of drug-likeness (QED) is 0.772. The Kier molecular flexibility index (Phi) is 3.36. The van der Waals surface area contributed by atoms with Crippen LogP contribution in [0, 0.1) is 6.92 Å². The summed E-state index contributed by atoms with van der Waals surface area (Å²) < 4.78 is 5.04. The Balaban J connectivity index is 3.25. The molecule has 0 aliphatic rings. The van der Waals surface area contributed by atoms with E-state index in [1.54, 1.807) is 13.2 Å². The summed E-state index contributed by atoms with van der Waals surface area (Å²) >= 11 is 0. The highest BCUT2D eigenvalue weighted by Crippen LogP contribution is 2.36. The standard InChI is InChI=1S/C11H17NO2/c1-7-4-5-9(14-3)11(13)10(7)8(2)6-12/h4-5,8,13H,6,12H2,1-3H3. The van der Waals surface area contributed by atoms with Gasteiger partial charge in [-0.3, -0.25) is 0 Å². The van der Waals surface area contributed by atoms with E-state index in [1.165, 1.54) is 0 Å². The van der Waals surface area contributed by atoms with Gasteiger partial charge in [0.05, 0.1) is 7.11 Å². The Morgan fingerprint density at radius 1 is 1.50 bits per heavy atom. The Bertz CT molecular complexity index is 323. The summed E-state index contributed by atoms with van der Waals surface area (Å²) in [6.07, 6.45) is 0. The van der Waals surface area contributed by atoms with Crippen molar-refractivity contribution in [3.8, 4) is 11.5 Å². The monoisotopic (exact) mass is 195 g/mol. The summed E-state index contributed by atoms with van der Waals surface area (Å²) in [6, 6.07) is 3.69. The molecule has 0 aliphatic carbocycles. The summed E-state index contributed by atoms with van der Waals surface area (Å²) in [5.41, 5.74) is 7.51. The van der Waals surface area contributed by atoms with Crippen molar-refractivity contribution in [3.63, 3.8) is 0 Å². The number of phenols is 1. The van der Waals surface area contributed by atoms with E-state index < -0.39 is 0 Å². The predicted molar refractivity (Wildman–Crippen MR) is 56.9 cm³/mol. The summed E-state index contributed by atoms with van der Waals surface area (Å²) in [6.45, 7) is 4.46. The molecule has 3 nitrogen and oxygen atoms in total. The first-order valence-corrected chi connectivity index (χ1v) is 4.68. The van der Waals surface area contributed by atoms with Gasteiger partial charge in [0.1, 0.15) is 0 Å². The molecule has 78 valence electrons. The van der Waals surface area contributed by atoms with E-state index >= 15 is 0 Å². The number of aromatic hydroxyl groups is 1. The Hall–Kier alpha value is -1.22. The molecule has 0 saturated carbocycles. The van der Waals surface area contributed by atoms with Crippen LogP contribution in [-0.2, 0) is 0 Å². The van der Waals surface area contributed by atoms with Crippen LogP contribution in [0.5, 0.6) is 11.5 Å². The van der Waals surface area contributed by atoms with Crippen LogP contribution in [0.2, 0.25) is 0 Å². The molecule has 0 spiro atoms. The van der Waals surface area contributed by atoms with Crippen LogP contribution in [0.15, 0.2) is 12.1 Å². The van der Waals surface area contributed by atoms with Crippen molar-refractivity contribution >= 4 is 0 Å². The van der Waals surface area contributed by atoms with E-state index in [-0.39, 0.29) is 11.7 Å². The van der Waals surface area contributed by atoms with Crippen molar-refractivity contribution in [1.82, 2.24) is 0 Å². The average molecular weight is 195 g/mol. The zero-order valence-corrected chi connectivity index (χ0v) is 8.87. The molecular weight excluding hydrogens is 178 g/mol. The molecule has 1 rings (SSSR count). The number of benzene rings is 1. The van der Waals surface area contributed by atoms with E-state index in [9.17, 15) is 5.11 Å². The predicted octanol–water partition coefficient (Wildman–Crippen LogP) is 1.77. The van der Waals surface area contributed by atoms with Crippen LogP contribution in [0.4, 0.5) is 0 Å². The zero-order valence-electron chi connectivity index (χ0n) is 8.87. The SMILES string of the molecule is COc1ccc(C)c(C(C)CN)c1O. The van der Waals surface area contributed by atoms with E-state index in [1.807, 2.05) is 19.9 Å². The van der Waals surface area contributed by atoms with Crippen molar-refractivity contribution in [2.75, 3.05) is 13.7 Å². The molecule has 0 saturated heterocycles. The van der Waals surface area contributed by atoms with Crippen LogP contribution < -0.4 is 10.5 Å². The van der Waals surface area contributed by atoms with Crippen molar-refractivity contribution in [3.05, 3.63) is 23.3 Å². The van der Waals surface area contributed by atoms with E-state index in [0.717, 1.165) is 11.1 Å². The van der Waals surface area contributed by atoms with Crippen molar-refractivity contribution in [2.24, 2.45) is 5.73 Å². The van der Waals surface area contributed by atoms with Crippen LogP contribution in [0.3, 0.4) is 0 Å². The number of methoxy groups -OCH3 is 1. The van der Waals surface area contributed by atoms with Crippen LogP contribution >= 0.6 is 0 Å². The van der Waals surface area contributed by atoms with Gasteiger partial charge in [-0.05, 0) is 31.0 Å². The molecule has 3 N–H and O–H groups in total. The number of hydrogen-bond acceptors (Lipinski definition) is 3. The zero-order chi connectivity index (χ0) is 10.7. The number of aryl methyl sites for hydroxylation is 1. The molecule has 1 unspecified atom stereocenters. The van der Waals surface area contributed by atoms with Gasteiger partial charge in [-0.2, -0.15) is 0 Å². The van der Waals surface area contributed by atoms with Crippen LogP contribution in [-0.4, -0.2) is 18.8 Å². The Labute approximate surface area is 84.5 Å². The molecule has 0 amide bonds. The number of rotatable bonds is 3. The van der Waals surface area contributed by atoms with Gasteiger partial charge < -0.3 is 15.6 Å². The third kappa shape index (κ3) is 1.82. The van der Waals surface area contributed by atoms with E-state index in [4.69, 9.17) is 10.5 Å². The number of ether oxygens (including phenoxy) is 1. The molecule has 0 bridgehead atoms. The molecule has 0 fully saturated rings. The fraction of sp³-hybridized carbons (Fsp3) is 0.455. The van der Waals surface area contributed by atoms with Gasteiger partial charge in [0.25, 0.3) is 0 Å². The fourth-order valence-electron chi connectivity index (χ4n) is 1.59. The van der Waals surface area contributed by atoms with Gasteiger partial charge >= 0.3 is 0 Å². The summed E-state index contributed by atoms with van der Waals surface area (Å²) in [4.78, 5) is 0. The second-order valence-electron chi connectivity index (χ2n) is 3.48. The minimum absolute atomic E-state index is 0.144. The number of phenolic OH excluding ortho intramolecular Hbond substituents is 1. The molecule has 1 aromatic rings. The molecule has 14 heavy (non-hydrogen) atoms. The number of nitrogens with two attached hydrogens (primary N) is 1. The largest absolute Gasteiger partial charge is 0.504 e. The summed E-state index contributed by atoms with van der Waals surface area (Å²) in [5, 5.41) is 9.89. The molecule has 0 radical (unpaired) electrons. The highest BCUT2D eigenvalue weighted by molar-refractivity contribution is 5.51. The molecule has 0 aromatic heterocycles. The first-order valence-electron chi connectivity index (χ1n) is 4.68. The fourth-order valence-corrected chi connectivity index (χ4v) is 1.59. The van der Waals surface area contributed by atoms with Gasteiger partial charge in [0.2, 0.25) is 0 Å². The first kappa shape index (κ1) is 10.9. The van der Waals surface area contributed by atoms with Crippen molar-refractivity contribution in [1.29, 1.82) is 0 Å². The van der Waals surface area contributed by atoms with Crippen molar-refractivity contribution in [2.45, 2.75) is 19.8 Å². The lowest BCUT2D eigenvalue weighted by molar-refractivity contribution is 0.368. The molecule has 1 atom stereocenters. The van der Waals surface area contributed by atoms with Gasteiger partial charge in [-0.15, -0.1) is 0 Å². The minimum atomic E-state index is 0.144. The van der Waals surface area contributed by atoms with Gasteiger partial charge in [-0.1, -0.05) is 13.0 Å². The highest BCUT2D eigenvalue weighted by atomic mass is 16.5. The minimum Gasteiger partial charge on any atom is -0.504 e. The van der Waals surface area contributed by atoms with Gasteiger partial charge in [0, 0.05) is 5.56 Å². The topological polar surface area (TPSA) is 55.5 Å². The van der Waals surface area contributed by atoms with Gasteiger partial charge in [0.15, 0.2) is 11.5 Å². The van der Waals surface area contributed by atoms with Crippen LogP contribution in [0.25, 0.3) is 0 Å². The third-order valence-electron chi connectivity index (χ3n) is 2.46. The third-order valence-corrected chi connectivity index (χ3v) is 2.46. The molecule has 1 aromatic carbocycles. The summed E-state index contributed by atoms with van der Waals surface area (Å²) in [7, 11) is 1.54. The first-order chi connectivity index (χ1) is 6.61. The second-order valence-corrected chi connectivity index (χ2v) is 3.48. The molecular formula is C11H17NO2. The van der Waals surface area contributed by atoms with E-state index in [2.05, 4.69) is 0 Å². The lowest BCUT2D eigenvalue weighted by Crippen LogP contribution is -2.10. The number of hydrogen-bond donors (Lipinski definition) is 2. The maximum absolute atomic E-state index is 9.89. The smallest absolute Gasteiger partial charge is 0.161 e. The van der Waals surface area contributed by atoms with Crippen LogP contribution in [0.1, 0.15) is 24.0 Å². The Morgan fingerprint density at radius 3 is 2.64 bits per heavy atom. The Morgan fingerprint density at radius 2 is 2.14 bits per heavy atom. The second kappa shape index (κ2) is 4.33. The maximum Gasteiger partial charge on any atom is 0.161 e. The average Bonchev–Trinajstić information content (AvgIpc) is 2.18.